The van der Waals surface area contributed by atoms with Crippen LogP contribution in [0.15, 0.2) is 0 Å². The van der Waals surface area contributed by atoms with Crippen molar-refractivity contribution < 1.29 is 18.7 Å². The lowest BCUT2D eigenvalue weighted by molar-refractivity contribution is -0.161. The fraction of sp³-hybridized carbons (Fsp3) is 0.867. The Labute approximate surface area is 124 Å². The van der Waals surface area contributed by atoms with Crippen LogP contribution in [-0.2, 0) is 14.3 Å². The van der Waals surface area contributed by atoms with E-state index in [4.69, 9.17) is 4.74 Å². The number of hydrogen-bond donors (Lipinski definition) is 0. The first-order valence-corrected chi connectivity index (χ1v) is 7.71. The van der Waals surface area contributed by atoms with Gasteiger partial charge in [0.05, 0.1) is 11.5 Å². The summed E-state index contributed by atoms with van der Waals surface area (Å²) in [5, 5.41) is 0. The van der Waals surface area contributed by atoms with Gasteiger partial charge < -0.3 is 14.5 Å². The van der Waals surface area contributed by atoms with Crippen LogP contribution in [0.25, 0.3) is 0 Å². The standard InChI is InChI=1S/C15H23FN2O3/c1-17(2)12(19)14-7-9-21-11(14)4-8-18(10-14)13(20)15(16)5-3-6-15/h11H,3-10H2,1-2H3/t11-,14-/m1/s1. The van der Waals surface area contributed by atoms with Gasteiger partial charge in [-0.25, -0.2) is 4.39 Å². The van der Waals surface area contributed by atoms with E-state index in [2.05, 4.69) is 0 Å². The highest BCUT2D eigenvalue weighted by molar-refractivity contribution is 5.88. The Morgan fingerprint density at radius 1 is 1.29 bits per heavy atom. The normalized spacial score (nSPS) is 34.0. The van der Waals surface area contributed by atoms with E-state index in [-0.39, 0.29) is 12.0 Å². The van der Waals surface area contributed by atoms with Gasteiger partial charge in [-0.15, -0.1) is 0 Å². The Morgan fingerprint density at radius 3 is 2.57 bits per heavy atom. The first kappa shape index (κ1) is 14.8. The van der Waals surface area contributed by atoms with Gasteiger partial charge in [0.15, 0.2) is 5.67 Å². The van der Waals surface area contributed by atoms with Crippen LogP contribution in [0.4, 0.5) is 4.39 Å². The number of piperidine rings is 1. The summed E-state index contributed by atoms with van der Waals surface area (Å²) >= 11 is 0. The number of fused-ring (bicyclic) bond motifs is 1. The predicted octanol–water partition coefficient (Wildman–Crippen LogP) is 0.974. The number of carbonyl (C=O) groups is 2. The van der Waals surface area contributed by atoms with E-state index in [1.54, 1.807) is 23.9 Å². The monoisotopic (exact) mass is 298 g/mol. The van der Waals surface area contributed by atoms with Gasteiger partial charge in [-0.05, 0) is 32.1 Å². The number of amides is 2. The molecule has 5 nitrogen and oxygen atoms in total. The first-order chi connectivity index (χ1) is 9.89. The first-order valence-electron chi connectivity index (χ1n) is 7.71. The molecule has 2 saturated heterocycles. The van der Waals surface area contributed by atoms with Crippen LogP contribution in [0.1, 0.15) is 32.1 Å². The van der Waals surface area contributed by atoms with Crippen molar-refractivity contribution in [1.29, 1.82) is 0 Å². The van der Waals surface area contributed by atoms with E-state index in [0.29, 0.717) is 45.4 Å². The van der Waals surface area contributed by atoms with Crippen molar-refractivity contribution in [2.24, 2.45) is 5.41 Å². The number of halogens is 1. The van der Waals surface area contributed by atoms with Gasteiger partial charge >= 0.3 is 0 Å². The molecule has 2 heterocycles. The zero-order valence-electron chi connectivity index (χ0n) is 12.7. The largest absolute Gasteiger partial charge is 0.377 e. The van der Waals surface area contributed by atoms with Gasteiger partial charge in [0.1, 0.15) is 0 Å². The lowest BCUT2D eigenvalue weighted by atomic mass is 9.74. The van der Waals surface area contributed by atoms with Gasteiger partial charge in [0.25, 0.3) is 5.91 Å². The molecule has 3 fully saturated rings. The lowest BCUT2D eigenvalue weighted by Gasteiger charge is -2.46. The summed E-state index contributed by atoms with van der Waals surface area (Å²) in [7, 11) is 3.44. The number of carbonyl (C=O) groups excluding carboxylic acids is 2. The molecule has 6 heteroatoms. The molecule has 118 valence electrons. The zero-order valence-corrected chi connectivity index (χ0v) is 12.7. The highest BCUT2D eigenvalue weighted by atomic mass is 19.1. The Morgan fingerprint density at radius 2 is 2.00 bits per heavy atom. The van der Waals surface area contributed by atoms with E-state index in [9.17, 15) is 14.0 Å². The summed E-state index contributed by atoms with van der Waals surface area (Å²) < 4.78 is 20.1. The number of likely N-dealkylation sites (tertiary alicyclic amines) is 1. The van der Waals surface area contributed by atoms with Crippen molar-refractivity contribution in [3.63, 3.8) is 0 Å². The predicted molar refractivity (Wildman–Crippen MR) is 74.4 cm³/mol. The van der Waals surface area contributed by atoms with Crippen molar-refractivity contribution in [2.75, 3.05) is 33.8 Å². The average Bonchev–Trinajstić information content (AvgIpc) is 2.86. The highest BCUT2D eigenvalue weighted by Gasteiger charge is 2.57. The molecule has 0 aromatic heterocycles. The molecule has 1 aliphatic carbocycles. The average molecular weight is 298 g/mol. The van der Waals surface area contributed by atoms with Crippen LogP contribution in [0, 0.1) is 5.41 Å². The molecule has 0 N–H and O–H groups in total. The molecule has 1 saturated carbocycles. The third kappa shape index (κ3) is 2.15. The third-order valence-electron chi connectivity index (χ3n) is 5.27. The van der Waals surface area contributed by atoms with Crippen molar-refractivity contribution in [3.8, 4) is 0 Å². The minimum absolute atomic E-state index is 0.0102. The smallest absolute Gasteiger partial charge is 0.260 e. The van der Waals surface area contributed by atoms with E-state index in [1.165, 1.54) is 0 Å². The Balaban J connectivity index is 1.81. The topological polar surface area (TPSA) is 49.9 Å². The maximum absolute atomic E-state index is 14.4. The van der Waals surface area contributed by atoms with Gasteiger partial charge in [0, 0.05) is 33.8 Å². The molecule has 2 amide bonds. The number of nitrogens with zero attached hydrogens (tertiary/aromatic N) is 2. The summed E-state index contributed by atoms with van der Waals surface area (Å²) in [5.74, 6) is -0.436. The minimum atomic E-state index is -1.69. The van der Waals surface area contributed by atoms with Crippen LogP contribution in [-0.4, -0.2) is 67.2 Å². The van der Waals surface area contributed by atoms with Gasteiger partial charge in [-0.2, -0.15) is 0 Å². The molecule has 0 aromatic carbocycles. The summed E-state index contributed by atoms with van der Waals surface area (Å²) in [4.78, 5) is 28.1. The maximum Gasteiger partial charge on any atom is 0.260 e. The second-order valence-electron chi connectivity index (χ2n) is 6.80. The van der Waals surface area contributed by atoms with Crippen LogP contribution in [0.5, 0.6) is 0 Å². The summed E-state index contributed by atoms with van der Waals surface area (Å²) in [5.41, 5.74) is -2.37. The number of alkyl halides is 1. The highest BCUT2D eigenvalue weighted by Crippen LogP contribution is 2.44. The van der Waals surface area contributed by atoms with Gasteiger partial charge in [-0.1, -0.05) is 0 Å². The fourth-order valence-corrected chi connectivity index (χ4v) is 3.85. The van der Waals surface area contributed by atoms with E-state index in [0.717, 1.165) is 6.42 Å². The number of rotatable bonds is 2. The summed E-state index contributed by atoms with van der Waals surface area (Å²) in [6, 6.07) is 0. The molecule has 3 rings (SSSR count). The Hall–Kier alpha value is -1.17. The van der Waals surface area contributed by atoms with Crippen molar-refractivity contribution in [3.05, 3.63) is 0 Å². The molecular weight excluding hydrogens is 275 g/mol. The van der Waals surface area contributed by atoms with Crippen LogP contribution in [0.2, 0.25) is 0 Å². The van der Waals surface area contributed by atoms with Crippen LogP contribution in [0.3, 0.4) is 0 Å². The van der Waals surface area contributed by atoms with E-state index >= 15 is 0 Å². The minimum Gasteiger partial charge on any atom is -0.377 e. The molecule has 0 aromatic rings. The Bertz CT molecular complexity index is 464. The molecule has 0 spiro atoms. The third-order valence-corrected chi connectivity index (χ3v) is 5.27. The van der Waals surface area contributed by atoms with Gasteiger partial charge in [0.2, 0.25) is 5.91 Å². The molecule has 0 bridgehead atoms. The second-order valence-corrected chi connectivity index (χ2v) is 6.80. The van der Waals surface area contributed by atoms with E-state index in [1.807, 2.05) is 0 Å². The number of hydrogen-bond acceptors (Lipinski definition) is 3. The zero-order chi connectivity index (χ0) is 15.3. The Kier molecular flexibility index (Phi) is 3.47. The van der Waals surface area contributed by atoms with Gasteiger partial charge in [-0.3, -0.25) is 9.59 Å². The molecule has 0 radical (unpaired) electrons. The maximum atomic E-state index is 14.4. The van der Waals surface area contributed by atoms with Crippen molar-refractivity contribution >= 4 is 11.8 Å². The quantitative estimate of drug-likeness (QED) is 0.763. The second kappa shape index (κ2) is 4.93. The van der Waals surface area contributed by atoms with E-state index < -0.39 is 17.0 Å². The molecule has 0 unspecified atom stereocenters. The van der Waals surface area contributed by atoms with Crippen molar-refractivity contribution in [2.45, 2.75) is 43.9 Å². The molecule has 2 atom stereocenters. The summed E-state index contributed by atoms with van der Waals surface area (Å²) in [6.45, 7) is 1.31. The lowest BCUT2D eigenvalue weighted by Crippen LogP contribution is -2.61. The molecular formula is C15H23FN2O3. The summed E-state index contributed by atoms with van der Waals surface area (Å²) in [6.07, 6.45) is 2.48. The molecule has 2 aliphatic heterocycles. The van der Waals surface area contributed by atoms with Crippen LogP contribution >= 0.6 is 0 Å². The molecule has 3 aliphatic rings. The molecule has 21 heavy (non-hydrogen) atoms. The SMILES string of the molecule is CN(C)C(=O)[C@@]12CCO[C@@H]1CCN(C(=O)C1(F)CCC1)C2. The van der Waals surface area contributed by atoms with Crippen molar-refractivity contribution in [1.82, 2.24) is 9.80 Å². The fourth-order valence-electron chi connectivity index (χ4n) is 3.85. The van der Waals surface area contributed by atoms with Crippen LogP contribution < -0.4 is 0 Å². The number of ether oxygens (including phenoxy) is 1.